The van der Waals surface area contributed by atoms with Crippen molar-refractivity contribution in [2.24, 2.45) is 5.92 Å². The molecule has 0 saturated carbocycles. The standard InChI is InChI=1S/C20H20N4O3/c1-12-21-17-8-3-14(10-18(17)22-12)23-20(26)13-9-19(25)24(11-13)15-4-6-16(27-2)7-5-15/h3-8,10,13H,9,11H2,1-2H3,(H,21,22)(H,23,26). The van der Waals surface area contributed by atoms with Crippen molar-refractivity contribution in [1.82, 2.24) is 9.97 Å². The van der Waals surface area contributed by atoms with Gasteiger partial charge in [-0.05, 0) is 49.4 Å². The molecule has 1 aliphatic rings. The lowest BCUT2D eigenvalue weighted by Gasteiger charge is -2.17. The van der Waals surface area contributed by atoms with E-state index in [2.05, 4.69) is 15.3 Å². The molecule has 1 atom stereocenters. The van der Waals surface area contributed by atoms with Crippen LogP contribution in [0.15, 0.2) is 42.5 Å². The Bertz CT molecular complexity index is 1010. The normalized spacial score (nSPS) is 16.7. The number of methoxy groups -OCH3 is 1. The second kappa shape index (κ2) is 6.75. The molecule has 2 heterocycles. The lowest BCUT2D eigenvalue weighted by Crippen LogP contribution is -2.28. The monoisotopic (exact) mass is 364 g/mol. The third-order valence-electron chi connectivity index (χ3n) is 4.75. The predicted octanol–water partition coefficient (Wildman–Crippen LogP) is 2.87. The first-order chi connectivity index (χ1) is 13.0. The molecule has 1 aliphatic heterocycles. The van der Waals surface area contributed by atoms with Gasteiger partial charge >= 0.3 is 0 Å². The second-order valence-corrected chi connectivity index (χ2v) is 6.65. The van der Waals surface area contributed by atoms with E-state index >= 15 is 0 Å². The minimum atomic E-state index is -0.390. The third-order valence-corrected chi connectivity index (χ3v) is 4.75. The van der Waals surface area contributed by atoms with Gasteiger partial charge in [0, 0.05) is 24.3 Å². The van der Waals surface area contributed by atoms with Gasteiger partial charge in [0.05, 0.1) is 24.1 Å². The van der Waals surface area contributed by atoms with E-state index in [0.29, 0.717) is 12.2 Å². The van der Waals surface area contributed by atoms with Crippen LogP contribution in [-0.2, 0) is 9.59 Å². The Morgan fingerprint density at radius 2 is 2.04 bits per heavy atom. The van der Waals surface area contributed by atoms with E-state index in [1.54, 1.807) is 24.1 Å². The van der Waals surface area contributed by atoms with E-state index in [9.17, 15) is 9.59 Å². The number of anilines is 2. The molecular formula is C20H20N4O3. The molecule has 0 spiro atoms. The van der Waals surface area contributed by atoms with Gasteiger partial charge in [0.2, 0.25) is 11.8 Å². The van der Waals surface area contributed by atoms with Gasteiger partial charge in [-0.15, -0.1) is 0 Å². The van der Waals surface area contributed by atoms with Crippen LogP contribution in [0.5, 0.6) is 5.75 Å². The van der Waals surface area contributed by atoms with Crippen molar-refractivity contribution < 1.29 is 14.3 Å². The van der Waals surface area contributed by atoms with Crippen molar-refractivity contribution in [2.45, 2.75) is 13.3 Å². The van der Waals surface area contributed by atoms with Crippen LogP contribution < -0.4 is 15.0 Å². The fourth-order valence-electron chi connectivity index (χ4n) is 3.35. The maximum absolute atomic E-state index is 12.6. The summed E-state index contributed by atoms with van der Waals surface area (Å²) < 4.78 is 5.14. The lowest BCUT2D eigenvalue weighted by molar-refractivity contribution is -0.122. The van der Waals surface area contributed by atoms with Gasteiger partial charge in [-0.25, -0.2) is 4.98 Å². The summed E-state index contributed by atoms with van der Waals surface area (Å²) in [6.07, 6.45) is 0.198. The zero-order valence-corrected chi connectivity index (χ0v) is 15.2. The molecule has 138 valence electrons. The van der Waals surface area contributed by atoms with Crippen LogP contribution in [0.25, 0.3) is 11.0 Å². The molecule has 0 aliphatic carbocycles. The number of aryl methyl sites for hydroxylation is 1. The highest BCUT2D eigenvalue weighted by molar-refractivity contribution is 6.04. The molecule has 7 heteroatoms. The molecule has 1 unspecified atom stereocenters. The van der Waals surface area contributed by atoms with Gasteiger partial charge in [0.15, 0.2) is 0 Å². The van der Waals surface area contributed by atoms with E-state index in [-0.39, 0.29) is 24.2 Å². The van der Waals surface area contributed by atoms with E-state index in [4.69, 9.17) is 4.74 Å². The number of rotatable bonds is 4. The largest absolute Gasteiger partial charge is 0.497 e. The Kier molecular flexibility index (Phi) is 4.27. The van der Waals surface area contributed by atoms with Crippen LogP contribution >= 0.6 is 0 Å². The number of hydrogen-bond donors (Lipinski definition) is 2. The van der Waals surface area contributed by atoms with Crippen molar-refractivity contribution in [3.63, 3.8) is 0 Å². The van der Waals surface area contributed by atoms with E-state index in [1.165, 1.54) is 0 Å². The average Bonchev–Trinajstić information content (AvgIpc) is 3.23. The number of aromatic nitrogens is 2. The van der Waals surface area contributed by atoms with Gasteiger partial charge in [0.1, 0.15) is 11.6 Å². The number of aromatic amines is 1. The number of benzene rings is 2. The summed E-state index contributed by atoms with van der Waals surface area (Å²) in [7, 11) is 1.60. The van der Waals surface area contributed by atoms with Gasteiger partial charge in [-0.2, -0.15) is 0 Å². The van der Waals surface area contributed by atoms with E-state index in [0.717, 1.165) is 28.3 Å². The maximum Gasteiger partial charge on any atom is 0.229 e. The fraction of sp³-hybridized carbons (Fsp3) is 0.250. The summed E-state index contributed by atoms with van der Waals surface area (Å²) in [5.41, 5.74) is 3.18. The minimum absolute atomic E-state index is 0.0556. The number of hydrogen-bond acceptors (Lipinski definition) is 4. The highest BCUT2D eigenvalue weighted by Crippen LogP contribution is 2.28. The smallest absolute Gasteiger partial charge is 0.229 e. The summed E-state index contributed by atoms with van der Waals surface area (Å²) in [6, 6.07) is 12.8. The summed E-state index contributed by atoms with van der Waals surface area (Å²) in [5.74, 6) is 0.947. The number of ether oxygens (including phenoxy) is 1. The molecule has 2 amide bonds. The zero-order valence-electron chi connectivity index (χ0n) is 15.2. The molecule has 1 saturated heterocycles. The molecule has 2 N–H and O–H groups in total. The van der Waals surface area contributed by atoms with E-state index in [1.807, 2.05) is 37.3 Å². The molecular weight excluding hydrogens is 344 g/mol. The van der Waals surface area contributed by atoms with Crippen molar-refractivity contribution in [2.75, 3.05) is 23.9 Å². The third kappa shape index (κ3) is 3.36. The van der Waals surface area contributed by atoms with E-state index < -0.39 is 0 Å². The number of fused-ring (bicyclic) bond motifs is 1. The first-order valence-corrected chi connectivity index (χ1v) is 8.75. The number of nitrogens with zero attached hydrogens (tertiary/aromatic N) is 2. The Hall–Kier alpha value is -3.35. The summed E-state index contributed by atoms with van der Waals surface area (Å²) >= 11 is 0. The first-order valence-electron chi connectivity index (χ1n) is 8.75. The van der Waals surface area contributed by atoms with Gasteiger partial charge in [-0.1, -0.05) is 0 Å². The van der Waals surface area contributed by atoms with Crippen LogP contribution in [-0.4, -0.2) is 35.4 Å². The van der Waals surface area contributed by atoms with Gasteiger partial charge in [-0.3, -0.25) is 9.59 Å². The number of amides is 2. The number of H-pyrrole nitrogens is 1. The summed E-state index contributed by atoms with van der Waals surface area (Å²) in [4.78, 5) is 34.2. The van der Waals surface area contributed by atoms with Crippen LogP contribution in [0.3, 0.4) is 0 Å². The van der Waals surface area contributed by atoms with Crippen LogP contribution in [0, 0.1) is 12.8 Å². The summed E-state index contributed by atoms with van der Waals surface area (Å²) in [5, 5.41) is 2.91. The summed E-state index contributed by atoms with van der Waals surface area (Å²) in [6.45, 7) is 2.25. The molecule has 2 aromatic carbocycles. The number of carbonyl (C=O) groups is 2. The van der Waals surface area contributed by atoms with Crippen molar-refractivity contribution in [1.29, 1.82) is 0 Å². The average molecular weight is 364 g/mol. The second-order valence-electron chi connectivity index (χ2n) is 6.65. The molecule has 1 aromatic heterocycles. The lowest BCUT2D eigenvalue weighted by atomic mass is 10.1. The molecule has 7 nitrogen and oxygen atoms in total. The van der Waals surface area contributed by atoms with Crippen LogP contribution in [0.2, 0.25) is 0 Å². The Balaban J connectivity index is 1.46. The van der Waals surface area contributed by atoms with Crippen LogP contribution in [0.1, 0.15) is 12.2 Å². The molecule has 4 rings (SSSR count). The molecule has 0 bridgehead atoms. The molecule has 27 heavy (non-hydrogen) atoms. The SMILES string of the molecule is COc1ccc(N2CC(C(=O)Nc3ccc4nc(C)[nH]c4c3)CC2=O)cc1. The van der Waals surface area contributed by atoms with Gasteiger partial charge < -0.3 is 19.9 Å². The van der Waals surface area contributed by atoms with Crippen LogP contribution in [0.4, 0.5) is 11.4 Å². The number of carbonyl (C=O) groups excluding carboxylic acids is 2. The van der Waals surface area contributed by atoms with Crippen molar-refractivity contribution in [3.8, 4) is 5.75 Å². The van der Waals surface area contributed by atoms with Crippen molar-refractivity contribution >= 4 is 34.2 Å². The van der Waals surface area contributed by atoms with Gasteiger partial charge in [0.25, 0.3) is 0 Å². The number of nitrogens with one attached hydrogen (secondary N) is 2. The molecule has 1 fully saturated rings. The minimum Gasteiger partial charge on any atom is -0.497 e. The molecule has 0 radical (unpaired) electrons. The predicted molar refractivity (Wildman–Crippen MR) is 103 cm³/mol. The highest BCUT2D eigenvalue weighted by atomic mass is 16.5. The fourth-order valence-corrected chi connectivity index (χ4v) is 3.35. The first kappa shape index (κ1) is 17.1. The Morgan fingerprint density at radius 3 is 2.78 bits per heavy atom. The quantitative estimate of drug-likeness (QED) is 0.745. The molecule has 3 aromatic rings. The zero-order chi connectivity index (χ0) is 19.0. The highest BCUT2D eigenvalue weighted by Gasteiger charge is 2.35. The Labute approximate surface area is 156 Å². The van der Waals surface area contributed by atoms with Crippen molar-refractivity contribution in [3.05, 3.63) is 48.3 Å². The Morgan fingerprint density at radius 1 is 1.26 bits per heavy atom. The number of imidazole rings is 1. The topological polar surface area (TPSA) is 87.3 Å². The maximum atomic E-state index is 12.6.